The van der Waals surface area contributed by atoms with E-state index in [1.807, 2.05) is 19.9 Å². The maximum Gasteiger partial charge on any atom is 0.336 e. The van der Waals surface area contributed by atoms with Crippen molar-refractivity contribution in [2.45, 2.75) is 18.2 Å². The van der Waals surface area contributed by atoms with Crippen LogP contribution < -0.4 is 10.9 Å². The van der Waals surface area contributed by atoms with Gasteiger partial charge in [-0.15, -0.1) is 10.2 Å². The molecule has 8 heteroatoms. The van der Waals surface area contributed by atoms with Crippen molar-refractivity contribution >= 4 is 45.7 Å². The lowest BCUT2D eigenvalue weighted by Crippen LogP contribution is -2.14. The summed E-state index contributed by atoms with van der Waals surface area (Å²) in [7, 11) is 0. The van der Waals surface area contributed by atoms with Crippen LogP contribution in [0.5, 0.6) is 0 Å². The zero-order valence-corrected chi connectivity index (χ0v) is 14.1. The van der Waals surface area contributed by atoms with Crippen LogP contribution in [0.4, 0.5) is 5.69 Å². The van der Waals surface area contributed by atoms with Crippen molar-refractivity contribution in [3.8, 4) is 0 Å². The Kier molecular flexibility index (Phi) is 4.44. The minimum Gasteiger partial charge on any atom is -0.423 e. The predicted octanol–water partition coefficient (Wildman–Crippen LogP) is 2.99. The standard InChI is InChI=1S/C15H13N3O3S2/c1-8-5-14(20)21-12-6-10(3-4-11(8)12)16-13(19)7-22-15-18-17-9(2)23-15/h3-6H,7H2,1-2H3,(H,16,19). The molecule has 2 aromatic heterocycles. The van der Waals surface area contributed by atoms with E-state index in [9.17, 15) is 9.59 Å². The topological polar surface area (TPSA) is 85.1 Å². The van der Waals surface area contributed by atoms with E-state index in [0.717, 1.165) is 20.3 Å². The Hall–Kier alpha value is -2.19. The Morgan fingerprint density at radius 2 is 2.13 bits per heavy atom. The van der Waals surface area contributed by atoms with Gasteiger partial charge in [-0.2, -0.15) is 0 Å². The highest BCUT2D eigenvalue weighted by Crippen LogP contribution is 2.23. The molecule has 0 radical (unpaired) electrons. The molecule has 0 aliphatic rings. The van der Waals surface area contributed by atoms with Crippen LogP contribution in [-0.4, -0.2) is 21.9 Å². The summed E-state index contributed by atoms with van der Waals surface area (Å²) in [5.74, 6) is 0.0851. The van der Waals surface area contributed by atoms with Crippen molar-refractivity contribution in [1.82, 2.24) is 10.2 Å². The van der Waals surface area contributed by atoms with Gasteiger partial charge < -0.3 is 9.73 Å². The van der Waals surface area contributed by atoms with Crippen LogP contribution in [0, 0.1) is 13.8 Å². The van der Waals surface area contributed by atoms with E-state index in [1.54, 1.807) is 12.1 Å². The van der Waals surface area contributed by atoms with Crippen LogP contribution in [-0.2, 0) is 4.79 Å². The smallest absolute Gasteiger partial charge is 0.336 e. The second kappa shape index (κ2) is 6.51. The number of benzene rings is 1. The van der Waals surface area contributed by atoms with E-state index >= 15 is 0 Å². The average Bonchev–Trinajstić information content (AvgIpc) is 2.90. The number of carbonyl (C=O) groups is 1. The highest BCUT2D eigenvalue weighted by molar-refractivity contribution is 8.01. The maximum atomic E-state index is 12.0. The third kappa shape index (κ3) is 3.77. The summed E-state index contributed by atoms with van der Waals surface area (Å²) in [5.41, 5.74) is 1.49. The first kappa shape index (κ1) is 15.7. The molecule has 0 aliphatic heterocycles. The number of carbonyl (C=O) groups excluding carboxylic acids is 1. The average molecular weight is 347 g/mol. The molecule has 2 heterocycles. The number of aryl methyl sites for hydroxylation is 2. The number of hydrogen-bond donors (Lipinski definition) is 1. The summed E-state index contributed by atoms with van der Waals surface area (Å²) in [4.78, 5) is 23.4. The SMILES string of the molecule is Cc1nnc(SCC(=O)Nc2ccc3c(C)cc(=O)oc3c2)s1. The fraction of sp³-hybridized carbons (Fsp3) is 0.200. The molecular weight excluding hydrogens is 334 g/mol. The first-order valence-electron chi connectivity index (χ1n) is 6.78. The maximum absolute atomic E-state index is 12.0. The van der Waals surface area contributed by atoms with Gasteiger partial charge in [0.05, 0.1) is 5.75 Å². The minimum atomic E-state index is -0.402. The van der Waals surface area contributed by atoms with E-state index < -0.39 is 5.63 Å². The summed E-state index contributed by atoms with van der Waals surface area (Å²) >= 11 is 2.79. The molecule has 0 fully saturated rings. The van der Waals surface area contributed by atoms with Gasteiger partial charge in [-0.1, -0.05) is 23.1 Å². The van der Waals surface area contributed by atoms with Gasteiger partial charge in [-0.25, -0.2) is 4.79 Å². The summed E-state index contributed by atoms with van der Waals surface area (Å²) < 4.78 is 5.93. The zero-order valence-electron chi connectivity index (χ0n) is 12.5. The molecule has 3 rings (SSSR count). The molecule has 6 nitrogen and oxygen atoms in total. The van der Waals surface area contributed by atoms with Crippen LogP contribution in [0.3, 0.4) is 0 Å². The van der Waals surface area contributed by atoms with Gasteiger partial charge in [0.2, 0.25) is 5.91 Å². The van der Waals surface area contributed by atoms with Crippen molar-refractivity contribution in [3.63, 3.8) is 0 Å². The first-order chi connectivity index (χ1) is 11.0. The second-order valence-corrected chi connectivity index (χ2v) is 7.29. The van der Waals surface area contributed by atoms with Gasteiger partial charge in [0.15, 0.2) is 4.34 Å². The summed E-state index contributed by atoms with van der Waals surface area (Å²) in [5, 5.41) is 12.4. The van der Waals surface area contributed by atoms with E-state index in [0.29, 0.717) is 11.3 Å². The number of hydrogen-bond acceptors (Lipinski definition) is 7. The van der Waals surface area contributed by atoms with Gasteiger partial charge in [-0.05, 0) is 31.5 Å². The number of thioether (sulfide) groups is 1. The Morgan fingerprint density at radius 1 is 1.30 bits per heavy atom. The summed E-state index contributed by atoms with van der Waals surface area (Å²) in [6, 6.07) is 6.71. The molecular formula is C15H13N3O3S2. The summed E-state index contributed by atoms with van der Waals surface area (Å²) in [6.07, 6.45) is 0. The van der Waals surface area contributed by atoms with Crippen molar-refractivity contribution in [2.24, 2.45) is 0 Å². The molecule has 0 saturated carbocycles. The highest BCUT2D eigenvalue weighted by Gasteiger charge is 2.09. The zero-order chi connectivity index (χ0) is 16.4. The van der Waals surface area contributed by atoms with Crippen LogP contribution in [0.25, 0.3) is 11.0 Å². The molecule has 0 spiro atoms. The van der Waals surface area contributed by atoms with Gasteiger partial charge in [-0.3, -0.25) is 4.79 Å². The first-order valence-corrected chi connectivity index (χ1v) is 8.59. The third-order valence-corrected chi connectivity index (χ3v) is 5.04. The van der Waals surface area contributed by atoms with E-state index in [4.69, 9.17) is 4.42 Å². The molecule has 1 N–H and O–H groups in total. The number of fused-ring (bicyclic) bond motifs is 1. The Bertz CT molecular complexity index is 933. The van der Waals surface area contributed by atoms with Crippen LogP contribution in [0.2, 0.25) is 0 Å². The number of amides is 1. The molecule has 0 saturated heterocycles. The second-order valence-electron chi connectivity index (χ2n) is 4.88. The number of aromatic nitrogens is 2. The van der Waals surface area contributed by atoms with Gasteiger partial charge in [0.1, 0.15) is 10.6 Å². The van der Waals surface area contributed by atoms with Crippen molar-refractivity contribution < 1.29 is 9.21 Å². The number of nitrogens with one attached hydrogen (secondary N) is 1. The fourth-order valence-electron chi connectivity index (χ4n) is 2.06. The van der Waals surface area contributed by atoms with Crippen LogP contribution in [0.15, 0.2) is 37.8 Å². The lowest BCUT2D eigenvalue weighted by Gasteiger charge is -2.06. The molecule has 118 valence electrons. The molecule has 0 unspecified atom stereocenters. The van der Waals surface area contributed by atoms with Crippen LogP contribution in [0.1, 0.15) is 10.6 Å². The monoisotopic (exact) mass is 347 g/mol. The Balaban J connectivity index is 1.70. The lowest BCUT2D eigenvalue weighted by atomic mass is 10.1. The minimum absolute atomic E-state index is 0.155. The number of anilines is 1. The molecule has 0 atom stereocenters. The van der Waals surface area contributed by atoms with Crippen LogP contribution >= 0.6 is 23.1 Å². The Morgan fingerprint density at radius 3 is 2.87 bits per heavy atom. The van der Waals surface area contributed by atoms with Gasteiger partial charge >= 0.3 is 5.63 Å². The summed E-state index contributed by atoms with van der Waals surface area (Å²) in [6.45, 7) is 3.71. The molecule has 3 aromatic rings. The normalized spacial score (nSPS) is 10.9. The fourth-order valence-corrected chi connectivity index (χ4v) is 3.68. The molecule has 1 aromatic carbocycles. The van der Waals surface area contributed by atoms with Gasteiger partial charge in [0, 0.05) is 23.2 Å². The molecule has 0 bridgehead atoms. The predicted molar refractivity (Wildman–Crippen MR) is 91.2 cm³/mol. The van der Waals surface area contributed by atoms with E-state index in [1.165, 1.54) is 29.2 Å². The van der Waals surface area contributed by atoms with E-state index in [2.05, 4.69) is 15.5 Å². The van der Waals surface area contributed by atoms with Gasteiger partial charge in [0.25, 0.3) is 0 Å². The molecule has 0 aliphatic carbocycles. The largest absolute Gasteiger partial charge is 0.423 e. The number of rotatable bonds is 4. The third-order valence-electron chi connectivity index (χ3n) is 3.07. The Labute approximate surface area is 139 Å². The van der Waals surface area contributed by atoms with Crippen molar-refractivity contribution in [1.29, 1.82) is 0 Å². The number of nitrogens with zero attached hydrogens (tertiary/aromatic N) is 2. The highest BCUT2D eigenvalue weighted by atomic mass is 32.2. The van der Waals surface area contributed by atoms with Crippen molar-refractivity contribution in [3.05, 3.63) is 45.3 Å². The lowest BCUT2D eigenvalue weighted by molar-refractivity contribution is -0.113. The quantitative estimate of drug-likeness (QED) is 0.577. The molecule has 23 heavy (non-hydrogen) atoms. The van der Waals surface area contributed by atoms with Crippen molar-refractivity contribution in [2.75, 3.05) is 11.1 Å². The molecule has 1 amide bonds. The van der Waals surface area contributed by atoms with E-state index in [-0.39, 0.29) is 11.7 Å².